The van der Waals surface area contributed by atoms with E-state index < -0.39 is 0 Å². The highest BCUT2D eigenvalue weighted by molar-refractivity contribution is 14.2. The van der Waals surface area contributed by atoms with Gasteiger partial charge in [-0.2, -0.15) is 0 Å². The highest BCUT2D eigenvalue weighted by Gasteiger charge is 2.30. The zero-order valence-electron chi connectivity index (χ0n) is 19.3. The SMILES string of the molecule is CSc1cc(-c2nc(C)cn2C)ccc1Nc1cc(NC(=O)C2CC2)nc2c1nc(C)n2PI. The van der Waals surface area contributed by atoms with E-state index in [-0.39, 0.29) is 11.8 Å². The van der Waals surface area contributed by atoms with E-state index in [1.807, 2.05) is 37.7 Å². The van der Waals surface area contributed by atoms with Gasteiger partial charge in [0.1, 0.15) is 23.0 Å². The number of rotatable bonds is 7. The molecule has 5 rings (SSSR count). The maximum atomic E-state index is 12.4. The average molecular weight is 605 g/mol. The quantitative estimate of drug-likeness (QED) is 0.151. The van der Waals surface area contributed by atoms with Gasteiger partial charge in [-0.1, -0.05) is 0 Å². The number of anilines is 3. The standard InChI is InChI=1S/C23H25IN7OPS/c1-12-11-30(3)21(25-12)15-7-8-16(18(9-15)34-4)27-17-10-19(29-23(32)14-5-6-14)28-22-20(17)26-13(2)31(22)33-24/h7-11,14,33H,5-6H2,1-4H3,(H2,27,28,29,32). The van der Waals surface area contributed by atoms with Crippen LogP contribution < -0.4 is 10.6 Å². The van der Waals surface area contributed by atoms with E-state index in [2.05, 4.69) is 66.5 Å². The summed E-state index contributed by atoms with van der Waals surface area (Å²) in [4.78, 5) is 27.7. The van der Waals surface area contributed by atoms with Crippen LogP contribution in [0.4, 0.5) is 17.2 Å². The van der Waals surface area contributed by atoms with Gasteiger partial charge < -0.3 is 15.2 Å². The number of pyridine rings is 1. The van der Waals surface area contributed by atoms with Crippen LogP contribution in [0.3, 0.4) is 0 Å². The normalized spacial score (nSPS) is 13.8. The third kappa shape index (κ3) is 4.55. The third-order valence-corrected chi connectivity index (χ3v) is 8.72. The van der Waals surface area contributed by atoms with E-state index in [0.29, 0.717) is 12.2 Å². The Labute approximate surface area is 217 Å². The first kappa shape index (κ1) is 23.6. The van der Waals surface area contributed by atoms with E-state index >= 15 is 0 Å². The van der Waals surface area contributed by atoms with Crippen molar-refractivity contribution in [2.75, 3.05) is 16.9 Å². The van der Waals surface area contributed by atoms with Gasteiger partial charge in [0.2, 0.25) is 5.91 Å². The van der Waals surface area contributed by atoms with E-state index in [4.69, 9.17) is 9.97 Å². The fraction of sp³-hybridized carbons (Fsp3) is 0.304. The van der Waals surface area contributed by atoms with Crippen LogP contribution in [0.15, 0.2) is 35.4 Å². The molecule has 4 aromatic rings. The first-order chi connectivity index (χ1) is 16.4. The molecule has 1 atom stereocenters. The lowest BCUT2D eigenvalue weighted by Crippen LogP contribution is -2.14. The molecular weight excluding hydrogens is 580 g/mol. The lowest BCUT2D eigenvalue weighted by Gasteiger charge is -2.14. The van der Waals surface area contributed by atoms with Crippen molar-refractivity contribution in [1.82, 2.24) is 23.9 Å². The molecule has 11 heteroatoms. The monoisotopic (exact) mass is 605 g/mol. The first-order valence-electron chi connectivity index (χ1n) is 10.9. The fourth-order valence-electron chi connectivity index (χ4n) is 3.95. The van der Waals surface area contributed by atoms with Gasteiger partial charge in [0, 0.05) is 35.7 Å². The highest BCUT2D eigenvalue weighted by Crippen LogP contribution is 2.38. The summed E-state index contributed by atoms with van der Waals surface area (Å²) in [5, 5.41) is 6.58. The van der Waals surface area contributed by atoms with E-state index in [0.717, 1.165) is 63.2 Å². The van der Waals surface area contributed by atoms with Crippen LogP contribution in [-0.2, 0) is 11.8 Å². The van der Waals surface area contributed by atoms with Crippen molar-refractivity contribution in [2.45, 2.75) is 31.6 Å². The van der Waals surface area contributed by atoms with E-state index in [1.165, 1.54) is 0 Å². The maximum absolute atomic E-state index is 12.4. The Balaban J connectivity index is 1.55. The van der Waals surface area contributed by atoms with Gasteiger partial charge in [-0.15, -0.1) is 11.8 Å². The molecule has 34 heavy (non-hydrogen) atoms. The summed E-state index contributed by atoms with van der Waals surface area (Å²) < 4.78 is 4.12. The molecule has 3 heterocycles. The third-order valence-electron chi connectivity index (χ3n) is 5.79. The zero-order valence-corrected chi connectivity index (χ0v) is 23.3. The van der Waals surface area contributed by atoms with Crippen LogP contribution in [-0.4, -0.2) is 36.0 Å². The molecule has 1 aromatic carbocycles. The van der Waals surface area contributed by atoms with Crippen molar-refractivity contribution >= 4 is 74.4 Å². The molecule has 0 spiro atoms. The minimum absolute atomic E-state index is 0.0389. The molecule has 3 aromatic heterocycles. The minimum atomic E-state index is 0.0389. The number of thioether (sulfide) groups is 1. The molecule has 1 amide bonds. The fourth-order valence-corrected chi connectivity index (χ4v) is 6.68. The molecule has 1 aliphatic rings. The predicted octanol–water partition coefficient (Wildman–Crippen LogP) is 6.05. The Kier molecular flexibility index (Phi) is 6.56. The van der Waals surface area contributed by atoms with Crippen molar-refractivity contribution in [2.24, 2.45) is 13.0 Å². The summed E-state index contributed by atoms with van der Waals surface area (Å²) >= 11 is 4.00. The van der Waals surface area contributed by atoms with Crippen LogP contribution in [0.1, 0.15) is 24.4 Å². The van der Waals surface area contributed by atoms with E-state index in [9.17, 15) is 4.79 Å². The molecule has 1 unspecified atom stereocenters. The number of aryl methyl sites for hydroxylation is 3. The Morgan fingerprint density at radius 1 is 1.18 bits per heavy atom. The number of carbonyl (C=O) groups is 1. The molecule has 0 aliphatic heterocycles. The first-order valence-corrected chi connectivity index (χ1v) is 16.2. The topological polar surface area (TPSA) is 89.7 Å². The molecular formula is C23H25IN7OPS. The summed E-state index contributed by atoms with van der Waals surface area (Å²) in [7, 11) is 2.01. The number of amides is 1. The summed E-state index contributed by atoms with van der Waals surface area (Å²) in [6.45, 7) is 3.98. The number of nitrogens with zero attached hydrogens (tertiary/aromatic N) is 5. The summed E-state index contributed by atoms with van der Waals surface area (Å²) in [6, 6.07) is 8.19. The maximum Gasteiger partial charge on any atom is 0.228 e. The van der Waals surface area contributed by atoms with Gasteiger partial charge in [-0.3, -0.25) is 9.13 Å². The average Bonchev–Trinajstić information content (AvgIpc) is 3.54. The van der Waals surface area contributed by atoms with Crippen LogP contribution in [0.25, 0.3) is 22.6 Å². The smallest absolute Gasteiger partial charge is 0.228 e. The van der Waals surface area contributed by atoms with Crippen LogP contribution in [0.2, 0.25) is 0 Å². The molecule has 1 aliphatic carbocycles. The van der Waals surface area contributed by atoms with Crippen molar-refractivity contribution < 1.29 is 4.79 Å². The lowest BCUT2D eigenvalue weighted by molar-refractivity contribution is -0.117. The number of fused-ring (bicyclic) bond motifs is 1. The largest absolute Gasteiger partial charge is 0.353 e. The van der Waals surface area contributed by atoms with E-state index in [1.54, 1.807) is 11.8 Å². The lowest BCUT2D eigenvalue weighted by atomic mass is 10.2. The number of aromatic nitrogens is 5. The second kappa shape index (κ2) is 9.47. The number of hydrogen-bond acceptors (Lipinski definition) is 6. The van der Waals surface area contributed by atoms with Gasteiger partial charge in [-0.05, 0) is 73.2 Å². The highest BCUT2D eigenvalue weighted by atomic mass is 127. The molecule has 1 saturated carbocycles. The summed E-state index contributed by atoms with van der Waals surface area (Å²) in [5.41, 5.74) is 5.41. The van der Waals surface area contributed by atoms with Gasteiger partial charge >= 0.3 is 0 Å². The molecule has 8 nitrogen and oxygen atoms in total. The second-order valence-corrected chi connectivity index (χ2v) is 11.3. The number of halogens is 1. The van der Waals surface area contributed by atoms with Gasteiger partial charge in [0.25, 0.3) is 0 Å². The van der Waals surface area contributed by atoms with Crippen LogP contribution in [0.5, 0.6) is 0 Å². The van der Waals surface area contributed by atoms with Crippen molar-refractivity contribution in [3.05, 3.63) is 42.0 Å². The molecule has 0 bridgehead atoms. The summed E-state index contributed by atoms with van der Waals surface area (Å²) in [6.07, 6.45) is 6.45. The zero-order chi connectivity index (χ0) is 24.0. The van der Waals surface area contributed by atoms with Gasteiger partial charge in [0.15, 0.2) is 5.65 Å². The van der Waals surface area contributed by atoms with Gasteiger partial charge in [0.05, 0.1) is 23.4 Å². The minimum Gasteiger partial charge on any atom is -0.353 e. The molecule has 2 N–H and O–H groups in total. The number of nitrogens with one attached hydrogen (secondary N) is 2. The molecule has 1 fully saturated rings. The number of benzene rings is 1. The van der Waals surface area contributed by atoms with Crippen LogP contribution in [0, 0.1) is 19.8 Å². The number of hydrogen-bond donors (Lipinski definition) is 2. The summed E-state index contributed by atoms with van der Waals surface area (Å²) in [5.74, 6) is 2.53. The Morgan fingerprint density at radius 2 is 1.97 bits per heavy atom. The molecule has 0 radical (unpaired) electrons. The molecule has 0 saturated heterocycles. The van der Waals surface area contributed by atoms with Crippen LogP contribution >= 0.6 is 40.2 Å². The van der Waals surface area contributed by atoms with Crippen molar-refractivity contribution in [3.63, 3.8) is 0 Å². The second-order valence-electron chi connectivity index (χ2n) is 8.43. The van der Waals surface area contributed by atoms with Crippen molar-refractivity contribution in [1.29, 1.82) is 0 Å². The Hall–Kier alpha value is -2.17. The Morgan fingerprint density at radius 3 is 2.62 bits per heavy atom. The molecule has 176 valence electrons. The number of imidazole rings is 2. The Bertz CT molecular complexity index is 1410. The van der Waals surface area contributed by atoms with Gasteiger partial charge in [-0.25, -0.2) is 15.0 Å². The predicted molar refractivity (Wildman–Crippen MR) is 150 cm³/mol. The number of carbonyl (C=O) groups excluding carboxylic acids is 1. The van der Waals surface area contributed by atoms with Crippen molar-refractivity contribution in [3.8, 4) is 11.4 Å².